The molecule has 2 rings (SSSR count). The van der Waals surface area contributed by atoms with Gasteiger partial charge in [0.1, 0.15) is 0 Å². The Hall–Kier alpha value is -0.960. The van der Waals surface area contributed by atoms with Crippen molar-refractivity contribution >= 4 is 17.7 Å². The molecule has 0 unspecified atom stereocenters. The number of thioether (sulfide) groups is 1. The second kappa shape index (κ2) is 7.16. The van der Waals surface area contributed by atoms with Crippen molar-refractivity contribution in [3.05, 3.63) is 35.4 Å². The summed E-state index contributed by atoms with van der Waals surface area (Å²) in [6, 6.07) is 8.32. The largest absolute Gasteiger partial charge is 0.349 e. The van der Waals surface area contributed by atoms with Gasteiger partial charge in [0.25, 0.3) is 5.91 Å². The third-order valence-electron chi connectivity index (χ3n) is 4.55. The predicted molar refractivity (Wildman–Crippen MR) is 87.1 cm³/mol. The molecule has 1 amide bonds. The molecule has 0 aromatic heterocycles. The Morgan fingerprint density at radius 1 is 1.25 bits per heavy atom. The summed E-state index contributed by atoms with van der Waals surface area (Å²) in [5.41, 5.74) is 2.05. The van der Waals surface area contributed by atoms with Crippen LogP contribution in [-0.2, 0) is 5.75 Å². The maximum absolute atomic E-state index is 12.3. The molecule has 1 aliphatic rings. The molecule has 2 nitrogen and oxygen atoms in total. The van der Waals surface area contributed by atoms with Crippen molar-refractivity contribution in [3.63, 3.8) is 0 Å². The van der Waals surface area contributed by atoms with E-state index in [1.165, 1.54) is 18.4 Å². The Morgan fingerprint density at radius 2 is 1.95 bits per heavy atom. The molecule has 0 aliphatic heterocycles. The molecule has 1 aliphatic carbocycles. The van der Waals surface area contributed by atoms with Crippen LogP contribution in [0.3, 0.4) is 0 Å². The molecular formula is C17H25NOS. The van der Waals surface area contributed by atoms with E-state index < -0.39 is 0 Å². The van der Waals surface area contributed by atoms with E-state index in [0.29, 0.717) is 17.9 Å². The summed E-state index contributed by atoms with van der Waals surface area (Å²) >= 11 is 1.80. The van der Waals surface area contributed by atoms with Crippen LogP contribution < -0.4 is 5.32 Å². The number of hydrogen-bond acceptors (Lipinski definition) is 2. The summed E-state index contributed by atoms with van der Waals surface area (Å²) in [4.78, 5) is 12.3. The highest BCUT2D eigenvalue weighted by molar-refractivity contribution is 7.97. The number of hydrogen-bond donors (Lipinski definition) is 1. The minimum Gasteiger partial charge on any atom is -0.349 e. The summed E-state index contributed by atoms with van der Waals surface area (Å²) < 4.78 is 0. The van der Waals surface area contributed by atoms with E-state index in [1.807, 2.05) is 12.1 Å². The first-order valence-electron chi connectivity index (χ1n) is 7.50. The van der Waals surface area contributed by atoms with Gasteiger partial charge in [-0.1, -0.05) is 38.8 Å². The summed E-state index contributed by atoms with van der Waals surface area (Å²) in [5, 5.41) is 3.22. The van der Waals surface area contributed by atoms with Gasteiger partial charge >= 0.3 is 0 Å². The van der Waals surface area contributed by atoms with Gasteiger partial charge in [-0.05, 0) is 42.2 Å². The molecular weight excluding hydrogens is 266 g/mol. The molecule has 1 aromatic carbocycles. The standard InChI is InChI=1S/C17H25NOS/c1-12-5-4-6-16(13(12)2)18-17(19)15-9-7-14(8-10-15)11-20-3/h7-10,12-13,16H,4-6,11H2,1-3H3,(H,18,19)/t12-,13+,16+/m0/s1. The number of nitrogens with one attached hydrogen (secondary N) is 1. The number of rotatable bonds is 4. The summed E-state index contributed by atoms with van der Waals surface area (Å²) in [5.74, 6) is 2.35. The fourth-order valence-corrected chi connectivity index (χ4v) is 3.48. The van der Waals surface area contributed by atoms with Crippen LogP contribution in [0.25, 0.3) is 0 Å². The fourth-order valence-electron chi connectivity index (χ4n) is 2.96. The van der Waals surface area contributed by atoms with Crippen molar-refractivity contribution in [3.8, 4) is 0 Å². The lowest BCUT2D eigenvalue weighted by molar-refractivity contribution is 0.0891. The molecule has 1 saturated carbocycles. The average molecular weight is 291 g/mol. The number of benzene rings is 1. The third-order valence-corrected chi connectivity index (χ3v) is 5.17. The van der Waals surface area contributed by atoms with Gasteiger partial charge in [-0.2, -0.15) is 11.8 Å². The lowest BCUT2D eigenvalue weighted by Crippen LogP contribution is -2.43. The van der Waals surface area contributed by atoms with Crippen LogP contribution >= 0.6 is 11.8 Å². The molecule has 3 heteroatoms. The van der Waals surface area contributed by atoms with E-state index in [1.54, 1.807) is 11.8 Å². The molecule has 0 radical (unpaired) electrons. The zero-order valence-electron chi connectivity index (χ0n) is 12.7. The molecule has 0 spiro atoms. The van der Waals surface area contributed by atoms with Crippen molar-refractivity contribution in [1.82, 2.24) is 5.32 Å². The van der Waals surface area contributed by atoms with Crippen molar-refractivity contribution < 1.29 is 4.79 Å². The van der Waals surface area contributed by atoms with Crippen LogP contribution in [0.15, 0.2) is 24.3 Å². The average Bonchev–Trinajstić information content (AvgIpc) is 2.45. The maximum atomic E-state index is 12.3. The van der Waals surface area contributed by atoms with Gasteiger partial charge in [-0.3, -0.25) is 4.79 Å². The van der Waals surface area contributed by atoms with Gasteiger partial charge < -0.3 is 5.32 Å². The van der Waals surface area contributed by atoms with Crippen LogP contribution in [-0.4, -0.2) is 18.2 Å². The van der Waals surface area contributed by atoms with Crippen LogP contribution in [0.2, 0.25) is 0 Å². The van der Waals surface area contributed by atoms with Crippen molar-refractivity contribution in [1.29, 1.82) is 0 Å². The summed E-state index contributed by atoms with van der Waals surface area (Å²) in [6.07, 6.45) is 5.72. The Bertz CT molecular complexity index is 443. The monoisotopic (exact) mass is 291 g/mol. The third kappa shape index (κ3) is 3.78. The van der Waals surface area contributed by atoms with E-state index in [-0.39, 0.29) is 5.91 Å². The minimum absolute atomic E-state index is 0.0756. The number of carbonyl (C=O) groups is 1. The highest BCUT2D eigenvalue weighted by Gasteiger charge is 2.28. The van der Waals surface area contributed by atoms with Crippen molar-refractivity contribution in [2.24, 2.45) is 11.8 Å². The van der Waals surface area contributed by atoms with Crippen LogP contribution in [0.4, 0.5) is 0 Å². The molecule has 3 atom stereocenters. The van der Waals surface area contributed by atoms with E-state index in [4.69, 9.17) is 0 Å². The van der Waals surface area contributed by atoms with Crippen LogP contribution in [0.5, 0.6) is 0 Å². The number of carbonyl (C=O) groups excluding carboxylic acids is 1. The highest BCUT2D eigenvalue weighted by Crippen LogP contribution is 2.29. The van der Waals surface area contributed by atoms with Gasteiger partial charge in [0.05, 0.1) is 0 Å². The first-order valence-corrected chi connectivity index (χ1v) is 8.90. The predicted octanol–water partition coefficient (Wildman–Crippen LogP) is 4.10. The molecule has 0 saturated heterocycles. The van der Waals surface area contributed by atoms with Crippen LogP contribution in [0.1, 0.15) is 49.0 Å². The summed E-state index contributed by atoms with van der Waals surface area (Å²) in [7, 11) is 0. The number of amides is 1. The Kier molecular flexibility index (Phi) is 5.53. The molecule has 1 fully saturated rings. The van der Waals surface area contributed by atoms with Gasteiger partial charge in [-0.25, -0.2) is 0 Å². The van der Waals surface area contributed by atoms with Crippen molar-refractivity contribution in [2.45, 2.75) is 44.9 Å². The molecule has 0 bridgehead atoms. The van der Waals surface area contributed by atoms with Gasteiger partial charge in [-0.15, -0.1) is 0 Å². The lowest BCUT2D eigenvalue weighted by atomic mass is 9.78. The quantitative estimate of drug-likeness (QED) is 0.904. The van der Waals surface area contributed by atoms with Gasteiger partial charge in [0, 0.05) is 17.4 Å². The zero-order valence-corrected chi connectivity index (χ0v) is 13.5. The van der Waals surface area contributed by atoms with E-state index >= 15 is 0 Å². The molecule has 1 aromatic rings. The Labute approximate surface area is 126 Å². The van der Waals surface area contributed by atoms with Gasteiger partial charge in [0.2, 0.25) is 0 Å². The second-order valence-electron chi connectivity index (χ2n) is 5.98. The van der Waals surface area contributed by atoms with E-state index in [0.717, 1.165) is 17.7 Å². The topological polar surface area (TPSA) is 29.1 Å². The molecule has 20 heavy (non-hydrogen) atoms. The fraction of sp³-hybridized carbons (Fsp3) is 0.588. The lowest BCUT2D eigenvalue weighted by Gasteiger charge is -2.34. The smallest absolute Gasteiger partial charge is 0.251 e. The minimum atomic E-state index is 0.0756. The normalized spacial score (nSPS) is 26.2. The van der Waals surface area contributed by atoms with Gasteiger partial charge in [0.15, 0.2) is 0 Å². The van der Waals surface area contributed by atoms with Crippen LogP contribution in [0, 0.1) is 11.8 Å². The molecule has 1 N–H and O–H groups in total. The van der Waals surface area contributed by atoms with E-state index in [2.05, 4.69) is 37.6 Å². The first-order chi connectivity index (χ1) is 9.61. The zero-order chi connectivity index (χ0) is 14.5. The first kappa shape index (κ1) is 15.4. The van der Waals surface area contributed by atoms with E-state index in [9.17, 15) is 4.79 Å². The Balaban J connectivity index is 1.97. The second-order valence-corrected chi connectivity index (χ2v) is 6.84. The summed E-state index contributed by atoms with van der Waals surface area (Å²) in [6.45, 7) is 4.55. The Morgan fingerprint density at radius 3 is 2.60 bits per heavy atom. The SMILES string of the molecule is CSCc1ccc(C(=O)N[C@@H]2CCC[C@H](C)[C@H]2C)cc1. The highest BCUT2D eigenvalue weighted by atomic mass is 32.2. The molecule has 0 heterocycles. The van der Waals surface area contributed by atoms with Crippen molar-refractivity contribution in [2.75, 3.05) is 6.26 Å². The maximum Gasteiger partial charge on any atom is 0.251 e. The molecule has 110 valence electrons.